The molecule has 1 N–H and O–H groups in total. The second-order valence-electron chi connectivity index (χ2n) is 6.99. The molecular formula is C19H27NO3. The molecule has 23 heavy (non-hydrogen) atoms. The second kappa shape index (κ2) is 7.62. The average Bonchev–Trinajstić information content (AvgIpc) is 2.54. The summed E-state index contributed by atoms with van der Waals surface area (Å²) in [6, 6.07) is 6.84. The molecule has 0 radical (unpaired) electrons. The first-order valence-corrected chi connectivity index (χ1v) is 8.41. The summed E-state index contributed by atoms with van der Waals surface area (Å²) in [6.45, 7) is 6.63. The van der Waals surface area contributed by atoms with E-state index < -0.39 is 0 Å². The summed E-state index contributed by atoms with van der Waals surface area (Å²) in [6.07, 6.45) is 3.29. The summed E-state index contributed by atoms with van der Waals surface area (Å²) in [7, 11) is 1.36. The maximum absolute atomic E-state index is 12.7. The number of ether oxygens (including phenoxy) is 1. The van der Waals surface area contributed by atoms with Crippen LogP contribution in [0, 0.1) is 23.7 Å². The van der Waals surface area contributed by atoms with Crippen LogP contribution in [-0.4, -0.2) is 19.0 Å². The van der Waals surface area contributed by atoms with E-state index in [1.807, 2.05) is 0 Å². The molecule has 4 nitrogen and oxygen atoms in total. The maximum atomic E-state index is 12.7. The van der Waals surface area contributed by atoms with Crippen LogP contribution in [0.2, 0.25) is 0 Å². The second-order valence-corrected chi connectivity index (χ2v) is 6.99. The van der Waals surface area contributed by atoms with Crippen LogP contribution in [0.15, 0.2) is 24.3 Å². The quantitative estimate of drug-likeness (QED) is 0.850. The molecule has 1 aliphatic carbocycles. The summed E-state index contributed by atoms with van der Waals surface area (Å²) in [4.78, 5) is 24.1. The number of hydrogen-bond donors (Lipinski definition) is 1. The minimum absolute atomic E-state index is 0.0685. The summed E-state index contributed by atoms with van der Waals surface area (Å²) in [5.74, 6) is 1.35. The zero-order chi connectivity index (χ0) is 17.0. The molecule has 2 rings (SSSR count). The van der Waals surface area contributed by atoms with E-state index in [0.29, 0.717) is 23.3 Å². The van der Waals surface area contributed by atoms with Gasteiger partial charge in [0, 0.05) is 11.6 Å². The molecule has 1 amide bonds. The smallest absolute Gasteiger partial charge is 0.337 e. The number of amides is 1. The highest BCUT2D eigenvalue weighted by molar-refractivity contribution is 5.94. The van der Waals surface area contributed by atoms with E-state index >= 15 is 0 Å². The Labute approximate surface area is 138 Å². The van der Waals surface area contributed by atoms with Gasteiger partial charge in [0.1, 0.15) is 0 Å². The van der Waals surface area contributed by atoms with Gasteiger partial charge in [-0.25, -0.2) is 4.79 Å². The van der Waals surface area contributed by atoms with Crippen molar-refractivity contribution in [3.05, 3.63) is 29.8 Å². The highest BCUT2D eigenvalue weighted by atomic mass is 16.5. The Morgan fingerprint density at radius 3 is 2.39 bits per heavy atom. The normalized spacial score (nSPS) is 24.3. The topological polar surface area (TPSA) is 55.4 Å². The molecule has 1 aliphatic rings. The predicted molar refractivity (Wildman–Crippen MR) is 91.2 cm³/mol. The minimum atomic E-state index is -0.371. The van der Waals surface area contributed by atoms with Gasteiger partial charge in [-0.2, -0.15) is 0 Å². The summed E-state index contributed by atoms with van der Waals surface area (Å²) in [5.41, 5.74) is 1.21. The zero-order valence-electron chi connectivity index (χ0n) is 14.5. The standard InChI is InChI=1S/C19H27NO3/c1-12(2)16-10-5-13(3)11-17(16)18(21)20-15-8-6-14(7-9-15)19(22)23-4/h6-9,12-13,16-17H,5,10-11H2,1-4H3,(H,20,21)/t13-,16+,17-/m1/s1. The van der Waals surface area contributed by atoms with Gasteiger partial charge in [-0.3, -0.25) is 4.79 Å². The number of carbonyl (C=O) groups is 2. The monoisotopic (exact) mass is 317 g/mol. The molecule has 0 bridgehead atoms. The molecule has 3 atom stereocenters. The SMILES string of the molecule is COC(=O)c1ccc(NC(=O)[C@@H]2C[C@H](C)CC[C@H]2C(C)C)cc1. The van der Waals surface area contributed by atoms with Crippen molar-refractivity contribution < 1.29 is 14.3 Å². The van der Waals surface area contributed by atoms with Gasteiger partial charge >= 0.3 is 5.97 Å². The van der Waals surface area contributed by atoms with Crippen molar-refractivity contribution in [2.24, 2.45) is 23.7 Å². The van der Waals surface area contributed by atoms with Crippen LogP contribution in [0.4, 0.5) is 5.69 Å². The summed E-state index contributed by atoms with van der Waals surface area (Å²) in [5, 5.41) is 3.01. The van der Waals surface area contributed by atoms with Crippen molar-refractivity contribution in [1.29, 1.82) is 0 Å². The van der Waals surface area contributed by atoms with Crippen LogP contribution in [-0.2, 0) is 9.53 Å². The molecule has 4 heteroatoms. The van der Waals surface area contributed by atoms with Gasteiger partial charge in [-0.05, 0) is 54.9 Å². The fourth-order valence-corrected chi connectivity index (χ4v) is 3.55. The number of benzene rings is 1. The van der Waals surface area contributed by atoms with Crippen LogP contribution >= 0.6 is 0 Å². The lowest BCUT2D eigenvalue weighted by molar-refractivity contribution is -0.123. The Kier molecular flexibility index (Phi) is 5.80. The van der Waals surface area contributed by atoms with E-state index in [2.05, 4.69) is 30.8 Å². The van der Waals surface area contributed by atoms with E-state index in [9.17, 15) is 9.59 Å². The summed E-state index contributed by atoms with van der Waals surface area (Å²) < 4.78 is 4.68. The lowest BCUT2D eigenvalue weighted by Crippen LogP contribution is -2.36. The van der Waals surface area contributed by atoms with Gasteiger partial charge in [0.05, 0.1) is 12.7 Å². The fourth-order valence-electron chi connectivity index (χ4n) is 3.55. The molecule has 126 valence electrons. The molecule has 0 aromatic heterocycles. The third-order valence-corrected chi connectivity index (χ3v) is 4.93. The Bertz CT molecular complexity index is 550. The summed E-state index contributed by atoms with van der Waals surface area (Å²) >= 11 is 0. The molecule has 0 saturated heterocycles. The number of hydrogen-bond acceptors (Lipinski definition) is 3. The predicted octanol–water partition coefficient (Wildman–Crippen LogP) is 4.12. The first-order chi connectivity index (χ1) is 10.9. The van der Waals surface area contributed by atoms with Gasteiger partial charge in [0.15, 0.2) is 0 Å². The van der Waals surface area contributed by atoms with Gasteiger partial charge in [-0.15, -0.1) is 0 Å². The third-order valence-electron chi connectivity index (χ3n) is 4.93. The maximum Gasteiger partial charge on any atom is 0.337 e. The van der Waals surface area contributed by atoms with E-state index in [4.69, 9.17) is 0 Å². The largest absolute Gasteiger partial charge is 0.465 e. The van der Waals surface area contributed by atoms with Crippen LogP contribution in [0.3, 0.4) is 0 Å². The van der Waals surface area contributed by atoms with Crippen LogP contribution < -0.4 is 5.32 Å². The Hall–Kier alpha value is -1.84. The van der Waals surface area contributed by atoms with Crippen molar-refractivity contribution in [3.63, 3.8) is 0 Å². The molecule has 1 aromatic carbocycles. The van der Waals surface area contributed by atoms with Crippen LogP contribution in [0.5, 0.6) is 0 Å². The number of nitrogens with one attached hydrogen (secondary N) is 1. The molecule has 0 aliphatic heterocycles. The van der Waals surface area contributed by atoms with E-state index in [1.165, 1.54) is 13.5 Å². The van der Waals surface area contributed by atoms with Crippen molar-refractivity contribution in [2.45, 2.75) is 40.0 Å². The lowest BCUT2D eigenvalue weighted by Gasteiger charge is -2.36. The molecule has 1 saturated carbocycles. The molecular weight excluding hydrogens is 290 g/mol. The molecule has 0 unspecified atom stereocenters. The Morgan fingerprint density at radius 2 is 1.83 bits per heavy atom. The number of esters is 1. The first-order valence-electron chi connectivity index (χ1n) is 8.41. The molecule has 0 spiro atoms. The van der Waals surface area contributed by atoms with Crippen LogP contribution in [0.1, 0.15) is 50.4 Å². The highest BCUT2D eigenvalue weighted by Crippen LogP contribution is 2.38. The average molecular weight is 317 g/mol. The van der Waals surface area contributed by atoms with Crippen LogP contribution in [0.25, 0.3) is 0 Å². The van der Waals surface area contributed by atoms with E-state index in [0.717, 1.165) is 18.5 Å². The van der Waals surface area contributed by atoms with Crippen molar-refractivity contribution >= 4 is 17.6 Å². The van der Waals surface area contributed by atoms with Gasteiger partial charge in [0.2, 0.25) is 5.91 Å². The lowest BCUT2D eigenvalue weighted by atomic mass is 9.70. The highest BCUT2D eigenvalue weighted by Gasteiger charge is 2.35. The molecule has 0 heterocycles. The Balaban J connectivity index is 2.06. The number of anilines is 1. The van der Waals surface area contributed by atoms with Crippen molar-refractivity contribution in [3.8, 4) is 0 Å². The molecule has 1 fully saturated rings. The van der Waals surface area contributed by atoms with Gasteiger partial charge < -0.3 is 10.1 Å². The number of carbonyl (C=O) groups excluding carboxylic acids is 2. The minimum Gasteiger partial charge on any atom is -0.465 e. The number of methoxy groups -OCH3 is 1. The van der Waals surface area contributed by atoms with Gasteiger partial charge in [-0.1, -0.05) is 27.2 Å². The van der Waals surface area contributed by atoms with Gasteiger partial charge in [0.25, 0.3) is 0 Å². The first kappa shape index (κ1) is 17.5. The van der Waals surface area contributed by atoms with Crippen molar-refractivity contribution in [1.82, 2.24) is 0 Å². The fraction of sp³-hybridized carbons (Fsp3) is 0.579. The Morgan fingerprint density at radius 1 is 1.17 bits per heavy atom. The van der Waals surface area contributed by atoms with Crippen molar-refractivity contribution in [2.75, 3.05) is 12.4 Å². The van der Waals surface area contributed by atoms with E-state index in [1.54, 1.807) is 24.3 Å². The third kappa shape index (κ3) is 4.34. The zero-order valence-corrected chi connectivity index (χ0v) is 14.5. The number of rotatable bonds is 4. The van der Waals surface area contributed by atoms with E-state index in [-0.39, 0.29) is 17.8 Å². The molecule has 1 aromatic rings.